The number of nitro benzene ring substituents is 1. The topological polar surface area (TPSA) is 92.5 Å². The van der Waals surface area contributed by atoms with Crippen LogP contribution in [0.1, 0.15) is 19.4 Å². The molecule has 6 heteroatoms. The van der Waals surface area contributed by atoms with Crippen LogP contribution < -0.4 is 5.32 Å². The first-order valence-electron chi connectivity index (χ1n) is 5.50. The van der Waals surface area contributed by atoms with Crippen LogP contribution in [0.2, 0.25) is 0 Å². The van der Waals surface area contributed by atoms with Gasteiger partial charge in [0.15, 0.2) is 0 Å². The summed E-state index contributed by atoms with van der Waals surface area (Å²) in [6, 6.07) is 5.93. The van der Waals surface area contributed by atoms with E-state index in [1.54, 1.807) is 19.9 Å². The molecule has 1 aromatic rings. The summed E-state index contributed by atoms with van der Waals surface area (Å²) in [6.45, 7) is 3.31. The lowest BCUT2D eigenvalue weighted by Crippen LogP contribution is -2.38. The lowest BCUT2D eigenvalue weighted by atomic mass is 10.1. The van der Waals surface area contributed by atoms with Crippen molar-refractivity contribution in [1.29, 1.82) is 0 Å². The van der Waals surface area contributed by atoms with Crippen LogP contribution in [0, 0.1) is 10.1 Å². The van der Waals surface area contributed by atoms with Crippen LogP contribution in [0.3, 0.4) is 0 Å². The molecule has 0 saturated heterocycles. The third-order valence-electron chi connectivity index (χ3n) is 2.20. The van der Waals surface area contributed by atoms with Crippen LogP contribution in [-0.2, 0) is 11.2 Å². The van der Waals surface area contributed by atoms with Gasteiger partial charge >= 0.3 is 0 Å². The van der Waals surface area contributed by atoms with Gasteiger partial charge < -0.3 is 10.4 Å². The largest absolute Gasteiger partial charge is 0.389 e. The van der Waals surface area contributed by atoms with E-state index in [0.29, 0.717) is 5.56 Å². The van der Waals surface area contributed by atoms with Gasteiger partial charge in [-0.05, 0) is 19.4 Å². The van der Waals surface area contributed by atoms with Crippen molar-refractivity contribution < 1.29 is 14.8 Å². The summed E-state index contributed by atoms with van der Waals surface area (Å²) in [5.74, 6) is -0.280. The molecule has 1 aromatic carbocycles. The molecule has 98 valence electrons. The lowest BCUT2D eigenvalue weighted by Gasteiger charge is -2.17. The summed E-state index contributed by atoms with van der Waals surface area (Å²) in [6.07, 6.45) is 0.0533. The second-order valence-corrected chi connectivity index (χ2v) is 4.69. The van der Waals surface area contributed by atoms with E-state index in [9.17, 15) is 20.0 Å². The maximum absolute atomic E-state index is 11.5. The second kappa shape index (κ2) is 5.59. The van der Waals surface area contributed by atoms with Crippen molar-refractivity contribution in [3.05, 3.63) is 39.9 Å². The third-order valence-corrected chi connectivity index (χ3v) is 2.20. The highest BCUT2D eigenvalue weighted by Gasteiger charge is 2.14. The number of nitro groups is 1. The zero-order valence-corrected chi connectivity index (χ0v) is 10.3. The lowest BCUT2D eigenvalue weighted by molar-refractivity contribution is -0.384. The number of carbonyl (C=O) groups excluding carboxylic acids is 1. The van der Waals surface area contributed by atoms with Gasteiger partial charge in [0.2, 0.25) is 5.91 Å². The van der Waals surface area contributed by atoms with Crippen LogP contribution in [0.15, 0.2) is 24.3 Å². The van der Waals surface area contributed by atoms with Crippen LogP contribution >= 0.6 is 0 Å². The zero-order valence-electron chi connectivity index (χ0n) is 10.3. The van der Waals surface area contributed by atoms with Crippen molar-refractivity contribution in [3.8, 4) is 0 Å². The highest BCUT2D eigenvalue weighted by atomic mass is 16.6. The van der Waals surface area contributed by atoms with E-state index in [1.165, 1.54) is 18.2 Å². The molecule has 0 saturated carbocycles. The van der Waals surface area contributed by atoms with Crippen molar-refractivity contribution >= 4 is 11.6 Å². The summed E-state index contributed by atoms with van der Waals surface area (Å²) >= 11 is 0. The standard InChI is InChI=1S/C12H16N2O4/c1-12(2,16)8-13-11(15)7-9-4-3-5-10(6-9)14(17)18/h3-6,16H,7-8H2,1-2H3,(H,13,15). The normalized spacial score (nSPS) is 11.1. The average molecular weight is 252 g/mol. The van der Waals surface area contributed by atoms with Crippen LogP contribution in [0.25, 0.3) is 0 Å². The van der Waals surface area contributed by atoms with Gasteiger partial charge in [0.05, 0.1) is 16.9 Å². The summed E-state index contributed by atoms with van der Waals surface area (Å²) in [4.78, 5) is 21.6. The van der Waals surface area contributed by atoms with Gasteiger partial charge in [0.1, 0.15) is 0 Å². The number of rotatable bonds is 5. The minimum absolute atomic E-state index is 0.0391. The van der Waals surface area contributed by atoms with Gasteiger partial charge in [-0.25, -0.2) is 0 Å². The Labute approximate surface area is 105 Å². The molecule has 0 spiro atoms. The maximum Gasteiger partial charge on any atom is 0.269 e. The summed E-state index contributed by atoms with van der Waals surface area (Å²) in [5.41, 5.74) is -0.446. The molecule has 1 amide bonds. The molecular formula is C12H16N2O4. The fourth-order valence-corrected chi connectivity index (χ4v) is 1.34. The minimum atomic E-state index is -0.974. The molecule has 0 bridgehead atoms. The Kier molecular flexibility index (Phi) is 4.38. The fourth-order valence-electron chi connectivity index (χ4n) is 1.34. The minimum Gasteiger partial charge on any atom is -0.389 e. The van der Waals surface area contributed by atoms with Crippen molar-refractivity contribution in [2.45, 2.75) is 25.9 Å². The summed E-state index contributed by atoms with van der Waals surface area (Å²) in [5, 5.41) is 22.6. The fraction of sp³-hybridized carbons (Fsp3) is 0.417. The molecule has 1 rings (SSSR count). The van der Waals surface area contributed by atoms with Crippen LogP contribution in [0.5, 0.6) is 0 Å². The SMILES string of the molecule is CC(C)(O)CNC(=O)Cc1cccc([N+](=O)[O-])c1. The first-order valence-corrected chi connectivity index (χ1v) is 5.50. The molecule has 0 aliphatic carbocycles. The number of nitrogens with one attached hydrogen (secondary N) is 1. The van der Waals surface area contributed by atoms with Crippen LogP contribution in [-0.4, -0.2) is 28.1 Å². The number of amides is 1. The van der Waals surface area contributed by atoms with Gasteiger partial charge in [-0.15, -0.1) is 0 Å². The molecule has 0 atom stereocenters. The molecule has 0 fully saturated rings. The van der Waals surface area contributed by atoms with Gasteiger partial charge in [0, 0.05) is 18.7 Å². The smallest absolute Gasteiger partial charge is 0.269 e. The second-order valence-electron chi connectivity index (χ2n) is 4.69. The monoisotopic (exact) mass is 252 g/mol. The van der Waals surface area contributed by atoms with E-state index in [2.05, 4.69) is 5.32 Å². The van der Waals surface area contributed by atoms with Crippen molar-refractivity contribution in [2.24, 2.45) is 0 Å². The Morgan fingerprint density at radius 3 is 2.72 bits per heavy atom. The molecule has 0 aliphatic heterocycles. The number of hydrogen-bond acceptors (Lipinski definition) is 4. The number of aliphatic hydroxyl groups is 1. The van der Waals surface area contributed by atoms with Gasteiger partial charge in [0.25, 0.3) is 5.69 Å². The van der Waals surface area contributed by atoms with Crippen molar-refractivity contribution in [1.82, 2.24) is 5.32 Å². The number of nitrogens with zero attached hydrogens (tertiary/aromatic N) is 1. The number of carbonyl (C=O) groups is 1. The molecule has 2 N–H and O–H groups in total. The molecule has 0 radical (unpaired) electrons. The number of non-ortho nitro benzene ring substituents is 1. The summed E-state index contributed by atoms with van der Waals surface area (Å²) < 4.78 is 0. The highest BCUT2D eigenvalue weighted by molar-refractivity contribution is 5.78. The molecule has 0 heterocycles. The van der Waals surface area contributed by atoms with E-state index < -0.39 is 10.5 Å². The van der Waals surface area contributed by atoms with Crippen molar-refractivity contribution in [3.63, 3.8) is 0 Å². The third kappa shape index (κ3) is 4.92. The first-order chi connectivity index (χ1) is 8.28. The first kappa shape index (κ1) is 14.1. The van der Waals surface area contributed by atoms with Gasteiger partial charge in [-0.1, -0.05) is 12.1 Å². The molecule has 6 nitrogen and oxygen atoms in total. The van der Waals surface area contributed by atoms with Crippen LogP contribution in [0.4, 0.5) is 5.69 Å². The zero-order chi connectivity index (χ0) is 13.8. The Morgan fingerprint density at radius 2 is 2.17 bits per heavy atom. The Balaban J connectivity index is 2.59. The number of hydrogen-bond donors (Lipinski definition) is 2. The van der Waals surface area contributed by atoms with E-state index in [0.717, 1.165) is 0 Å². The predicted octanol–water partition coefficient (Wildman–Crippen LogP) is 1.02. The summed E-state index contributed by atoms with van der Waals surface area (Å²) in [7, 11) is 0. The average Bonchev–Trinajstić information content (AvgIpc) is 2.26. The highest BCUT2D eigenvalue weighted by Crippen LogP contribution is 2.13. The van der Waals surface area contributed by atoms with Gasteiger partial charge in [-0.2, -0.15) is 0 Å². The molecule has 0 aromatic heterocycles. The Bertz CT molecular complexity index is 452. The van der Waals surface area contributed by atoms with E-state index in [4.69, 9.17) is 0 Å². The predicted molar refractivity (Wildman–Crippen MR) is 66.1 cm³/mol. The quantitative estimate of drug-likeness (QED) is 0.604. The van der Waals surface area contributed by atoms with E-state index in [1.807, 2.05) is 0 Å². The Morgan fingerprint density at radius 1 is 1.50 bits per heavy atom. The maximum atomic E-state index is 11.5. The molecule has 0 unspecified atom stereocenters. The van der Waals surface area contributed by atoms with Gasteiger partial charge in [-0.3, -0.25) is 14.9 Å². The van der Waals surface area contributed by atoms with Crippen molar-refractivity contribution in [2.75, 3.05) is 6.54 Å². The Hall–Kier alpha value is -1.95. The molecular weight excluding hydrogens is 236 g/mol. The molecule has 18 heavy (non-hydrogen) atoms. The number of benzene rings is 1. The van der Waals surface area contributed by atoms with E-state index >= 15 is 0 Å². The van der Waals surface area contributed by atoms with E-state index in [-0.39, 0.29) is 24.6 Å². The molecule has 0 aliphatic rings.